The molecule has 1 saturated heterocycles. The van der Waals surface area contributed by atoms with Crippen molar-refractivity contribution < 1.29 is 9.59 Å². The van der Waals surface area contributed by atoms with Crippen LogP contribution in [0.1, 0.15) is 29.6 Å². The van der Waals surface area contributed by atoms with Crippen LogP contribution in [0.5, 0.6) is 0 Å². The number of likely N-dealkylation sites (tertiary alicyclic amines) is 1. The molecule has 0 unspecified atom stereocenters. The molecule has 0 radical (unpaired) electrons. The highest BCUT2D eigenvalue weighted by Crippen LogP contribution is 2.08. The summed E-state index contributed by atoms with van der Waals surface area (Å²) in [6.07, 6.45) is 3.29. The average molecular weight is 298 g/mol. The normalized spacial score (nSPS) is 14.3. The number of carbonyl (C=O) groups excluding carboxylic acids is 2. The smallest absolute Gasteiger partial charge is 0.251 e. The summed E-state index contributed by atoms with van der Waals surface area (Å²) in [7, 11) is 0. The molecule has 0 saturated carbocycles. The summed E-state index contributed by atoms with van der Waals surface area (Å²) in [5, 5.41) is 2.64. The average Bonchev–Trinajstić information content (AvgIpc) is 2.46. The van der Waals surface area contributed by atoms with Crippen LogP contribution >= 0.6 is 12.4 Å². The second kappa shape index (κ2) is 7.75. The summed E-state index contributed by atoms with van der Waals surface area (Å²) in [6, 6.07) is 6.63. The Morgan fingerprint density at radius 2 is 1.70 bits per heavy atom. The fourth-order valence-corrected chi connectivity index (χ4v) is 2.15. The van der Waals surface area contributed by atoms with E-state index < -0.39 is 0 Å². The zero-order chi connectivity index (χ0) is 13.7. The predicted molar refractivity (Wildman–Crippen MR) is 80.9 cm³/mol. The van der Waals surface area contributed by atoms with Crippen LogP contribution in [0.4, 0.5) is 5.69 Å². The van der Waals surface area contributed by atoms with Crippen LogP contribution in [0.25, 0.3) is 0 Å². The first kappa shape index (κ1) is 16.3. The van der Waals surface area contributed by atoms with Gasteiger partial charge in [-0.3, -0.25) is 9.59 Å². The SMILES string of the molecule is Cl.Nc1ccc(C(=O)NCC(=O)N2CCCCC2)cc1. The molecular formula is C14H20ClN3O2. The molecule has 1 aliphatic heterocycles. The van der Waals surface area contributed by atoms with Crippen molar-refractivity contribution in [3.63, 3.8) is 0 Å². The Morgan fingerprint density at radius 3 is 2.30 bits per heavy atom. The first-order valence-corrected chi connectivity index (χ1v) is 6.58. The highest BCUT2D eigenvalue weighted by Gasteiger charge is 2.17. The first-order valence-electron chi connectivity index (χ1n) is 6.58. The fraction of sp³-hybridized carbons (Fsp3) is 0.429. The molecule has 1 aliphatic rings. The number of halogens is 1. The summed E-state index contributed by atoms with van der Waals surface area (Å²) >= 11 is 0. The first-order chi connectivity index (χ1) is 9.16. The van der Waals surface area contributed by atoms with Crippen molar-refractivity contribution in [2.45, 2.75) is 19.3 Å². The lowest BCUT2D eigenvalue weighted by atomic mass is 10.1. The molecule has 2 rings (SSSR count). The molecule has 3 N–H and O–H groups in total. The van der Waals surface area contributed by atoms with Gasteiger partial charge >= 0.3 is 0 Å². The van der Waals surface area contributed by atoms with E-state index in [1.807, 2.05) is 4.90 Å². The van der Waals surface area contributed by atoms with Gasteiger partial charge in [0.25, 0.3) is 5.91 Å². The minimum Gasteiger partial charge on any atom is -0.399 e. The monoisotopic (exact) mass is 297 g/mol. The van der Waals surface area contributed by atoms with Crippen LogP contribution in [-0.2, 0) is 4.79 Å². The Labute approximate surface area is 124 Å². The van der Waals surface area contributed by atoms with Crippen molar-refractivity contribution in [3.8, 4) is 0 Å². The highest BCUT2D eigenvalue weighted by molar-refractivity contribution is 5.96. The Hall–Kier alpha value is -1.75. The lowest BCUT2D eigenvalue weighted by Crippen LogP contribution is -2.42. The number of piperidine rings is 1. The van der Waals surface area contributed by atoms with E-state index in [0.29, 0.717) is 11.3 Å². The van der Waals surface area contributed by atoms with Gasteiger partial charge in [-0.25, -0.2) is 0 Å². The van der Waals surface area contributed by atoms with E-state index in [1.54, 1.807) is 24.3 Å². The molecular weight excluding hydrogens is 278 g/mol. The van der Waals surface area contributed by atoms with E-state index in [2.05, 4.69) is 5.32 Å². The van der Waals surface area contributed by atoms with E-state index in [-0.39, 0.29) is 30.8 Å². The maximum Gasteiger partial charge on any atom is 0.251 e. The van der Waals surface area contributed by atoms with Crippen molar-refractivity contribution >= 4 is 29.9 Å². The summed E-state index contributed by atoms with van der Waals surface area (Å²) in [4.78, 5) is 25.5. The zero-order valence-corrected chi connectivity index (χ0v) is 12.1. The van der Waals surface area contributed by atoms with Gasteiger partial charge in [0.15, 0.2) is 0 Å². The van der Waals surface area contributed by atoms with Crippen LogP contribution in [0.15, 0.2) is 24.3 Å². The van der Waals surface area contributed by atoms with Gasteiger partial charge in [-0.05, 0) is 43.5 Å². The maximum atomic E-state index is 11.9. The van der Waals surface area contributed by atoms with Crippen molar-refractivity contribution in [1.82, 2.24) is 10.2 Å². The molecule has 0 aromatic heterocycles. The Bertz CT molecular complexity index is 456. The largest absolute Gasteiger partial charge is 0.399 e. The standard InChI is InChI=1S/C14H19N3O2.ClH/c15-12-6-4-11(5-7-12)14(19)16-10-13(18)17-8-2-1-3-9-17;/h4-7H,1-3,8-10,15H2,(H,16,19);1H. The predicted octanol–water partition coefficient (Wildman–Crippen LogP) is 1.43. The van der Waals surface area contributed by atoms with Gasteiger partial charge in [0.2, 0.25) is 5.91 Å². The molecule has 5 nitrogen and oxygen atoms in total. The molecule has 110 valence electrons. The molecule has 0 aliphatic carbocycles. The molecule has 1 heterocycles. The Balaban J connectivity index is 0.00000200. The van der Waals surface area contributed by atoms with Gasteiger partial charge in [-0.1, -0.05) is 0 Å². The van der Waals surface area contributed by atoms with Crippen LogP contribution in [-0.4, -0.2) is 36.3 Å². The summed E-state index contributed by atoms with van der Waals surface area (Å²) < 4.78 is 0. The molecule has 1 fully saturated rings. The number of nitrogens with two attached hydrogens (primary N) is 1. The molecule has 0 spiro atoms. The highest BCUT2D eigenvalue weighted by atomic mass is 35.5. The van der Waals surface area contributed by atoms with Gasteiger partial charge in [0.05, 0.1) is 6.54 Å². The molecule has 0 atom stereocenters. The third-order valence-corrected chi connectivity index (χ3v) is 3.28. The van der Waals surface area contributed by atoms with Gasteiger partial charge in [0, 0.05) is 24.3 Å². The van der Waals surface area contributed by atoms with Crippen molar-refractivity contribution in [3.05, 3.63) is 29.8 Å². The number of amides is 2. The van der Waals surface area contributed by atoms with Gasteiger partial charge in [0.1, 0.15) is 0 Å². The summed E-state index contributed by atoms with van der Waals surface area (Å²) in [5.74, 6) is -0.256. The Kier molecular flexibility index (Phi) is 6.31. The maximum absolute atomic E-state index is 11.9. The van der Waals surface area contributed by atoms with E-state index in [0.717, 1.165) is 25.9 Å². The third kappa shape index (κ3) is 4.42. The van der Waals surface area contributed by atoms with Crippen LogP contribution < -0.4 is 11.1 Å². The zero-order valence-electron chi connectivity index (χ0n) is 11.3. The third-order valence-electron chi connectivity index (χ3n) is 3.28. The van der Waals surface area contributed by atoms with Crippen molar-refractivity contribution in [1.29, 1.82) is 0 Å². The minimum atomic E-state index is -0.245. The molecule has 20 heavy (non-hydrogen) atoms. The minimum absolute atomic E-state index is 0. The second-order valence-corrected chi connectivity index (χ2v) is 4.75. The Morgan fingerprint density at radius 1 is 1.10 bits per heavy atom. The molecule has 0 bridgehead atoms. The summed E-state index contributed by atoms with van der Waals surface area (Å²) in [5.41, 5.74) is 6.68. The van der Waals surface area contributed by atoms with Crippen molar-refractivity contribution in [2.75, 3.05) is 25.4 Å². The van der Waals surface area contributed by atoms with E-state index >= 15 is 0 Å². The number of carbonyl (C=O) groups is 2. The molecule has 1 aromatic rings. The van der Waals surface area contributed by atoms with Gasteiger partial charge in [-0.2, -0.15) is 0 Å². The number of nitrogens with one attached hydrogen (secondary N) is 1. The van der Waals surface area contributed by atoms with Crippen LogP contribution in [0.2, 0.25) is 0 Å². The number of benzene rings is 1. The quantitative estimate of drug-likeness (QED) is 0.829. The lowest BCUT2D eigenvalue weighted by Gasteiger charge is -2.26. The van der Waals surface area contributed by atoms with Crippen LogP contribution in [0, 0.1) is 0 Å². The lowest BCUT2D eigenvalue weighted by molar-refractivity contribution is -0.130. The number of nitrogens with zero attached hydrogens (tertiary/aromatic N) is 1. The van der Waals surface area contributed by atoms with Crippen LogP contribution in [0.3, 0.4) is 0 Å². The number of hydrogen-bond acceptors (Lipinski definition) is 3. The van der Waals surface area contributed by atoms with Gasteiger partial charge in [-0.15, -0.1) is 12.4 Å². The van der Waals surface area contributed by atoms with E-state index in [1.165, 1.54) is 6.42 Å². The topological polar surface area (TPSA) is 75.4 Å². The number of nitrogen functional groups attached to an aromatic ring is 1. The molecule has 1 aromatic carbocycles. The van der Waals surface area contributed by atoms with E-state index in [9.17, 15) is 9.59 Å². The fourth-order valence-electron chi connectivity index (χ4n) is 2.15. The second-order valence-electron chi connectivity index (χ2n) is 4.75. The summed E-state index contributed by atoms with van der Waals surface area (Å²) in [6.45, 7) is 1.66. The van der Waals surface area contributed by atoms with Crippen molar-refractivity contribution in [2.24, 2.45) is 0 Å². The van der Waals surface area contributed by atoms with E-state index in [4.69, 9.17) is 5.73 Å². The number of rotatable bonds is 3. The molecule has 6 heteroatoms. The van der Waals surface area contributed by atoms with Gasteiger partial charge < -0.3 is 16.0 Å². The molecule has 2 amide bonds. The number of hydrogen-bond donors (Lipinski definition) is 2. The number of anilines is 1.